The fourth-order valence-electron chi connectivity index (χ4n) is 1.67. The molecule has 0 amide bonds. The molecule has 1 fully saturated rings. The Balaban J connectivity index is 2.68. The summed E-state index contributed by atoms with van der Waals surface area (Å²) in [6, 6.07) is 0. The van der Waals surface area contributed by atoms with Crippen LogP contribution in [0.1, 0.15) is 37.0 Å². The van der Waals surface area contributed by atoms with Crippen LogP contribution in [0.3, 0.4) is 0 Å². The molecule has 16 heavy (non-hydrogen) atoms. The summed E-state index contributed by atoms with van der Waals surface area (Å²) in [7, 11) is 0. The van der Waals surface area contributed by atoms with E-state index in [9.17, 15) is 17.6 Å². The van der Waals surface area contributed by atoms with Crippen LogP contribution in [0.4, 0.5) is 17.6 Å². The molecule has 1 saturated heterocycles. The van der Waals surface area contributed by atoms with Crippen LogP contribution in [0.2, 0.25) is 0 Å². The predicted molar refractivity (Wildman–Crippen MR) is 49.1 cm³/mol. The Morgan fingerprint density at radius 2 is 1.44 bits per heavy atom. The quantitative estimate of drug-likeness (QED) is 0.434. The maximum atomic E-state index is 13.5. The zero-order chi connectivity index (χ0) is 12.0. The molecular formula is C11H10F4O. The van der Waals surface area contributed by atoms with Gasteiger partial charge >= 0.3 is 0 Å². The number of halogens is 4. The highest BCUT2D eigenvalue weighted by atomic mass is 19.2. The highest BCUT2D eigenvalue weighted by molar-refractivity contribution is 5.34. The van der Waals surface area contributed by atoms with Gasteiger partial charge in [-0.25, -0.2) is 17.6 Å². The van der Waals surface area contributed by atoms with E-state index in [1.54, 1.807) is 0 Å². The summed E-state index contributed by atoms with van der Waals surface area (Å²) in [5, 5.41) is 0. The monoisotopic (exact) mass is 234 g/mol. The highest BCUT2D eigenvalue weighted by Crippen LogP contribution is 2.38. The first-order valence-electron chi connectivity index (χ1n) is 4.92. The molecule has 88 valence electrons. The van der Waals surface area contributed by atoms with Crippen LogP contribution in [0.5, 0.6) is 0 Å². The molecule has 1 aromatic rings. The van der Waals surface area contributed by atoms with Crippen LogP contribution in [-0.4, -0.2) is 6.61 Å². The number of benzene rings is 1. The second kappa shape index (κ2) is 3.73. The molecule has 0 spiro atoms. The van der Waals surface area contributed by atoms with Crippen LogP contribution in [0, 0.1) is 23.3 Å². The van der Waals surface area contributed by atoms with E-state index in [4.69, 9.17) is 0 Å². The Bertz CT molecular complexity index is 376. The standard InChI is InChI=1S/C11H10F4O/c1-4(2)6-8(12)10(14)7(5-3-16-5)11(15)9(6)13/h4-5H,3H2,1-2H3. The Morgan fingerprint density at radius 1 is 1.00 bits per heavy atom. The van der Waals surface area contributed by atoms with Crippen LogP contribution < -0.4 is 0 Å². The van der Waals surface area contributed by atoms with Crippen LogP contribution in [0.15, 0.2) is 0 Å². The van der Waals surface area contributed by atoms with E-state index in [0.29, 0.717) is 0 Å². The van der Waals surface area contributed by atoms with Crippen LogP contribution in [-0.2, 0) is 4.74 Å². The van der Waals surface area contributed by atoms with E-state index in [-0.39, 0.29) is 6.61 Å². The van der Waals surface area contributed by atoms with Crippen molar-refractivity contribution in [2.75, 3.05) is 6.61 Å². The smallest absolute Gasteiger partial charge is 0.168 e. The van der Waals surface area contributed by atoms with E-state index >= 15 is 0 Å². The third kappa shape index (κ3) is 1.59. The minimum Gasteiger partial charge on any atom is -0.368 e. The van der Waals surface area contributed by atoms with E-state index in [1.807, 2.05) is 0 Å². The molecule has 0 aromatic heterocycles. The van der Waals surface area contributed by atoms with Gasteiger partial charge in [-0.1, -0.05) is 13.8 Å². The lowest BCUT2D eigenvalue weighted by molar-refractivity contribution is 0.371. The number of epoxide rings is 1. The van der Waals surface area contributed by atoms with Gasteiger partial charge < -0.3 is 4.74 Å². The van der Waals surface area contributed by atoms with E-state index in [0.717, 1.165) is 0 Å². The van der Waals surface area contributed by atoms with Crippen molar-refractivity contribution in [2.24, 2.45) is 0 Å². The Hall–Kier alpha value is -1.10. The number of rotatable bonds is 2. The normalized spacial score (nSPS) is 19.3. The molecule has 1 atom stereocenters. The van der Waals surface area contributed by atoms with E-state index in [2.05, 4.69) is 4.74 Å². The Morgan fingerprint density at radius 3 is 1.75 bits per heavy atom. The van der Waals surface area contributed by atoms with Gasteiger partial charge in [0.25, 0.3) is 0 Å². The summed E-state index contributed by atoms with van der Waals surface area (Å²) in [5.41, 5.74) is -1.20. The SMILES string of the molecule is CC(C)c1c(F)c(F)c(C2CO2)c(F)c1F. The summed E-state index contributed by atoms with van der Waals surface area (Å²) in [6.45, 7) is 3.02. The van der Waals surface area contributed by atoms with Gasteiger partial charge in [-0.3, -0.25) is 0 Å². The Kier molecular flexibility index (Phi) is 2.66. The summed E-state index contributed by atoms with van der Waals surface area (Å²) >= 11 is 0. The molecule has 2 rings (SSSR count). The average molecular weight is 234 g/mol. The first kappa shape index (κ1) is 11.4. The molecule has 5 heteroatoms. The minimum absolute atomic E-state index is 0.0910. The molecule has 1 nitrogen and oxygen atoms in total. The lowest BCUT2D eigenvalue weighted by Crippen LogP contribution is -2.09. The zero-order valence-electron chi connectivity index (χ0n) is 8.78. The van der Waals surface area contributed by atoms with Crippen molar-refractivity contribution in [1.29, 1.82) is 0 Å². The van der Waals surface area contributed by atoms with E-state index < -0.39 is 46.4 Å². The first-order chi connectivity index (χ1) is 7.45. The molecule has 0 bridgehead atoms. The fourth-order valence-corrected chi connectivity index (χ4v) is 1.67. The molecule has 1 heterocycles. The van der Waals surface area contributed by atoms with Crippen molar-refractivity contribution in [2.45, 2.75) is 25.9 Å². The second-order valence-electron chi connectivity index (χ2n) is 4.06. The van der Waals surface area contributed by atoms with Gasteiger partial charge in [-0.2, -0.15) is 0 Å². The highest BCUT2D eigenvalue weighted by Gasteiger charge is 2.36. The number of hydrogen-bond donors (Lipinski definition) is 0. The molecule has 0 saturated carbocycles. The first-order valence-corrected chi connectivity index (χ1v) is 4.92. The largest absolute Gasteiger partial charge is 0.368 e. The third-order valence-corrected chi connectivity index (χ3v) is 2.56. The van der Waals surface area contributed by atoms with Gasteiger partial charge in [-0.05, 0) is 5.92 Å². The molecule has 0 N–H and O–H groups in total. The molecule has 1 aromatic carbocycles. The predicted octanol–water partition coefficient (Wildman–Crippen LogP) is 3.44. The second-order valence-corrected chi connectivity index (χ2v) is 4.06. The lowest BCUT2D eigenvalue weighted by atomic mass is 9.98. The topological polar surface area (TPSA) is 12.5 Å². The van der Waals surface area contributed by atoms with Crippen LogP contribution >= 0.6 is 0 Å². The number of hydrogen-bond acceptors (Lipinski definition) is 1. The molecule has 1 aliphatic heterocycles. The summed E-state index contributed by atoms with van der Waals surface area (Å²) in [4.78, 5) is 0. The van der Waals surface area contributed by atoms with Gasteiger partial charge in [0.1, 0.15) is 6.10 Å². The minimum atomic E-state index is -1.34. The Labute approximate surface area is 90.0 Å². The van der Waals surface area contributed by atoms with Crippen molar-refractivity contribution in [1.82, 2.24) is 0 Å². The zero-order valence-corrected chi connectivity index (χ0v) is 8.78. The van der Waals surface area contributed by atoms with Gasteiger partial charge in [0.05, 0.1) is 12.2 Å². The van der Waals surface area contributed by atoms with Crippen LogP contribution in [0.25, 0.3) is 0 Å². The lowest BCUT2D eigenvalue weighted by Gasteiger charge is -2.12. The van der Waals surface area contributed by atoms with E-state index in [1.165, 1.54) is 13.8 Å². The van der Waals surface area contributed by atoms with Gasteiger partial charge in [0, 0.05) is 5.56 Å². The molecule has 1 aliphatic rings. The van der Waals surface area contributed by atoms with Gasteiger partial charge in [0.2, 0.25) is 0 Å². The van der Waals surface area contributed by atoms with Crippen molar-refractivity contribution in [3.05, 3.63) is 34.4 Å². The van der Waals surface area contributed by atoms with Crippen molar-refractivity contribution in [3.63, 3.8) is 0 Å². The maximum absolute atomic E-state index is 13.5. The summed E-state index contributed by atoms with van der Waals surface area (Å²) in [6.07, 6.45) is -0.856. The van der Waals surface area contributed by atoms with Gasteiger partial charge in [0.15, 0.2) is 23.3 Å². The number of ether oxygens (including phenoxy) is 1. The van der Waals surface area contributed by atoms with Gasteiger partial charge in [-0.15, -0.1) is 0 Å². The maximum Gasteiger partial charge on any atom is 0.168 e. The summed E-state index contributed by atoms with van der Waals surface area (Å²) < 4.78 is 58.6. The van der Waals surface area contributed by atoms with Crippen molar-refractivity contribution < 1.29 is 22.3 Å². The summed E-state index contributed by atoms with van der Waals surface area (Å²) in [5.74, 6) is -5.95. The molecule has 0 aliphatic carbocycles. The fraction of sp³-hybridized carbons (Fsp3) is 0.455. The van der Waals surface area contributed by atoms with Crippen molar-refractivity contribution in [3.8, 4) is 0 Å². The average Bonchev–Trinajstić information content (AvgIpc) is 2.99. The molecule has 0 radical (unpaired) electrons. The molecule has 1 unspecified atom stereocenters. The molecular weight excluding hydrogens is 224 g/mol. The van der Waals surface area contributed by atoms with Crippen molar-refractivity contribution >= 4 is 0 Å². The third-order valence-electron chi connectivity index (χ3n) is 2.56.